The maximum Gasteiger partial charge on any atom is 0.342 e. The monoisotopic (exact) mass is 354 g/mol. The van der Waals surface area contributed by atoms with Gasteiger partial charge in [0.15, 0.2) is 17.6 Å². The molecular formula is C16H22N2O7. The summed E-state index contributed by atoms with van der Waals surface area (Å²) in [6.07, 6.45) is -1.19. The maximum absolute atomic E-state index is 12.3. The molecule has 1 atom stereocenters. The fourth-order valence-electron chi connectivity index (χ4n) is 1.96. The Morgan fingerprint density at radius 2 is 1.68 bits per heavy atom. The molecule has 25 heavy (non-hydrogen) atoms. The van der Waals surface area contributed by atoms with Crippen LogP contribution in [-0.2, 0) is 9.53 Å². The van der Waals surface area contributed by atoms with Gasteiger partial charge in [-0.3, -0.25) is 10.1 Å². The van der Waals surface area contributed by atoms with Crippen LogP contribution in [0.1, 0.15) is 24.2 Å². The topological polar surface area (TPSA) is 112 Å². The van der Waals surface area contributed by atoms with E-state index in [0.29, 0.717) is 12.3 Å². The highest BCUT2D eigenvalue weighted by Crippen LogP contribution is 2.40. The number of rotatable bonds is 7. The lowest BCUT2D eigenvalue weighted by atomic mass is 10.1. The van der Waals surface area contributed by atoms with Gasteiger partial charge in [0.2, 0.25) is 5.75 Å². The minimum Gasteiger partial charge on any atom is -0.493 e. The lowest BCUT2D eigenvalue weighted by Gasteiger charge is -2.17. The molecule has 0 aliphatic rings. The third-order valence-corrected chi connectivity index (χ3v) is 3.15. The molecule has 3 amide bonds. The van der Waals surface area contributed by atoms with Gasteiger partial charge >= 0.3 is 12.0 Å². The molecule has 9 nitrogen and oxygen atoms in total. The Balaban J connectivity index is 2.93. The average molecular weight is 354 g/mol. The van der Waals surface area contributed by atoms with Gasteiger partial charge in [0, 0.05) is 6.54 Å². The molecule has 1 aromatic rings. The fraction of sp³-hybridized carbons (Fsp3) is 0.438. The van der Waals surface area contributed by atoms with Crippen molar-refractivity contribution >= 4 is 17.9 Å². The van der Waals surface area contributed by atoms with E-state index in [-0.39, 0.29) is 17.1 Å². The quantitative estimate of drug-likeness (QED) is 0.705. The van der Waals surface area contributed by atoms with Crippen LogP contribution in [-0.4, -0.2) is 51.9 Å². The second kappa shape index (κ2) is 9.36. The van der Waals surface area contributed by atoms with E-state index in [0.717, 1.165) is 0 Å². The molecule has 1 aromatic carbocycles. The number of carbonyl (C=O) groups excluding carboxylic acids is 3. The molecule has 0 spiro atoms. The van der Waals surface area contributed by atoms with Gasteiger partial charge < -0.3 is 24.3 Å². The maximum atomic E-state index is 12.3. The van der Waals surface area contributed by atoms with Gasteiger partial charge in [-0.05, 0) is 26.0 Å². The average Bonchev–Trinajstić information content (AvgIpc) is 2.59. The Kier molecular flexibility index (Phi) is 7.51. The van der Waals surface area contributed by atoms with Crippen LogP contribution >= 0.6 is 0 Å². The van der Waals surface area contributed by atoms with Crippen LogP contribution in [0.15, 0.2) is 12.1 Å². The highest BCUT2D eigenvalue weighted by Gasteiger charge is 2.25. The van der Waals surface area contributed by atoms with Crippen LogP contribution in [0.25, 0.3) is 0 Å². The number of ether oxygens (including phenoxy) is 4. The Bertz CT molecular complexity index is 646. The number of hydrogen-bond donors (Lipinski definition) is 2. The number of esters is 1. The largest absolute Gasteiger partial charge is 0.493 e. The Hall–Kier alpha value is -2.97. The third-order valence-electron chi connectivity index (χ3n) is 3.15. The van der Waals surface area contributed by atoms with E-state index in [1.165, 1.54) is 40.4 Å². The lowest BCUT2D eigenvalue weighted by molar-refractivity contribution is -0.127. The molecule has 0 bridgehead atoms. The number of carbonyl (C=O) groups is 3. The molecule has 9 heteroatoms. The Morgan fingerprint density at radius 3 is 2.20 bits per heavy atom. The predicted molar refractivity (Wildman–Crippen MR) is 88.2 cm³/mol. The zero-order valence-corrected chi connectivity index (χ0v) is 14.8. The lowest BCUT2D eigenvalue weighted by Crippen LogP contribution is -2.44. The van der Waals surface area contributed by atoms with Crippen LogP contribution in [0.5, 0.6) is 17.2 Å². The summed E-state index contributed by atoms with van der Waals surface area (Å²) in [6, 6.07) is 2.27. The Morgan fingerprint density at radius 1 is 1.04 bits per heavy atom. The van der Waals surface area contributed by atoms with Crippen molar-refractivity contribution in [3.8, 4) is 17.2 Å². The van der Waals surface area contributed by atoms with Crippen molar-refractivity contribution in [2.45, 2.75) is 20.0 Å². The van der Waals surface area contributed by atoms with Crippen LogP contribution in [0.3, 0.4) is 0 Å². The molecule has 1 rings (SSSR count). The van der Waals surface area contributed by atoms with E-state index in [4.69, 9.17) is 18.9 Å². The zero-order valence-electron chi connectivity index (χ0n) is 14.8. The molecule has 0 aliphatic heterocycles. The first-order chi connectivity index (χ1) is 11.9. The van der Waals surface area contributed by atoms with Crippen molar-refractivity contribution in [1.82, 2.24) is 10.6 Å². The van der Waals surface area contributed by atoms with Crippen molar-refractivity contribution in [2.24, 2.45) is 0 Å². The smallest absolute Gasteiger partial charge is 0.342 e. The molecule has 2 N–H and O–H groups in total. The van der Waals surface area contributed by atoms with Gasteiger partial charge in [-0.15, -0.1) is 0 Å². The van der Waals surface area contributed by atoms with Crippen molar-refractivity contribution in [3.63, 3.8) is 0 Å². The van der Waals surface area contributed by atoms with Gasteiger partial charge in [0.05, 0.1) is 21.3 Å². The normalized spacial score (nSPS) is 11.1. The van der Waals surface area contributed by atoms with Crippen LogP contribution < -0.4 is 24.8 Å². The summed E-state index contributed by atoms with van der Waals surface area (Å²) in [6.45, 7) is 3.41. The highest BCUT2D eigenvalue weighted by atomic mass is 16.6. The van der Waals surface area contributed by atoms with Crippen molar-refractivity contribution in [1.29, 1.82) is 0 Å². The minimum absolute atomic E-state index is 0.0535. The van der Waals surface area contributed by atoms with Gasteiger partial charge in [0.25, 0.3) is 5.91 Å². The van der Waals surface area contributed by atoms with Crippen molar-refractivity contribution in [2.75, 3.05) is 27.9 Å². The second-order valence-electron chi connectivity index (χ2n) is 4.78. The SMILES string of the molecule is CCNC(=O)NC(=O)[C@H](C)OC(=O)c1ccc(OC)c(OC)c1OC. The van der Waals surface area contributed by atoms with E-state index in [1.54, 1.807) is 6.92 Å². The first-order valence-corrected chi connectivity index (χ1v) is 7.48. The molecule has 138 valence electrons. The summed E-state index contributed by atoms with van der Waals surface area (Å²) in [5.41, 5.74) is 0.0535. The van der Waals surface area contributed by atoms with Crippen LogP contribution in [0, 0.1) is 0 Å². The number of methoxy groups -OCH3 is 3. The minimum atomic E-state index is -1.19. The van der Waals surface area contributed by atoms with Crippen LogP contribution in [0.2, 0.25) is 0 Å². The number of benzene rings is 1. The molecule has 0 saturated carbocycles. The fourth-order valence-corrected chi connectivity index (χ4v) is 1.96. The summed E-state index contributed by atoms with van der Waals surface area (Å²) in [5, 5.41) is 4.47. The van der Waals surface area contributed by atoms with Gasteiger partial charge in [0.1, 0.15) is 5.56 Å². The zero-order chi connectivity index (χ0) is 19.0. The number of urea groups is 1. The summed E-state index contributed by atoms with van der Waals surface area (Å²) < 4.78 is 20.6. The van der Waals surface area contributed by atoms with Crippen molar-refractivity contribution in [3.05, 3.63) is 17.7 Å². The summed E-state index contributed by atoms with van der Waals surface area (Å²) in [5.74, 6) is -0.852. The van der Waals surface area contributed by atoms with E-state index in [2.05, 4.69) is 10.6 Å². The number of nitrogens with one attached hydrogen (secondary N) is 2. The molecular weight excluding hydrogens is 332 g/mol. The molecule has 0 fully saturated rings. The number of imide groups is 1. The highest BCUT2D eigenvalue weighted by molar-refractivity contribution is 5.99. The Labute approximate surface area is 145 Å². The standard InChI is InChI=1S/C16H22N2O7/c1-6-17-16(21)18-14(19)9(2)25-15(20)10-7-8-11(22-3)13(24-5)12(10)23-4/h7-9H,6H2,1-5H3,(H2,17,18,19,21)/t9-/m0/s1. The van der Waals surface area contributed by atoms with Gasteiger partial charge in [-0.2, -0.15) is 0 Å². The van der Waals surface area contributed by atoms with E-state index < -0.39 is 24.0 Å². The predicted octanol–water partition coefficient (Wildman–Crippen LogP) is 1.10. The molecule has 0 saturated heterocycles. The first-order valence-electron chi connectivity index (χ1n) is 7.48. The summed E-state index contributed by atoms with van der Waals surface area (Å²) >= 11 is 0. The summed E-state index contributed by atoms with van der Waals surface area (Å²) in [4.78, 5) is 35.5. The van der Waals surface area contributed by atoms with Crippen LogP contribution in [0.4, 0.5) is 4.79 Å². The second-order valence-corrected chi connectivity index (χ2v) is 4.78. The number of amides is 3. The number of hydrogen-bond acceptors (Lipinski definition) is 7. The molecule has 0 heterocycles. The molecule has 0 radical (unpaired) electrons. The van der Waals surface area contributed by atoms with E-state index in [9.17, 15) is 14.4 Å². The van der Waals surface area contributed by atoms with Gasteiger partial charge in [-0.25, -0.2) is 9.59 Å². The van der Waals surface area contributed by atoms with Gasteiger partial charge in [-0.1, -0.05) is 0 Å². The molecule has 0 aromatic heterocycles. The molecule has 0 unspecified atom stereocenters. The summed E-state index contributed by atoms with van der Waals surface area (Å²) in [7, 11) is 4.21. The van der Waals surface area contributed by atoms with Crippen molar-refractivity contribution < 1.29 is 33.3 Å². The third kappa shape index (κ3) is 5.00. The molecule has 0 aliphatic carbocycles. The first kappa shape index (κ1) is 20.1. The van der Waals surface area contributed by atoms with E-state index in [1.807, 2.05) is 0 Å². The van der Waals surface area contributed by atoms with E-state index >= 15 is 0 Å².